The van der Waals surface area contributed by atoms with E-state index in [2.05, 4.69) is 0 Å². The van der Waals surface area contributed by atoms with Crippen LogP contribution in [0.15, 0.2) is 0 Å². The SMILES string of the molecule is COC(CO)[C@@H](O[C@H]1O[C@H](CO)[C@@H](O)C(O)C1O)C(O)CO. The molecule has 0 spiro atoms. The van der Waals surface area contributed by atoms with Crippen molar-refractivity contribution in [2.75, 3.05) is 26.9 Å². The quantitative estimate of drug-likeness (QED) is 0.230. The molecule has 1 rings (SSSR count). The number of methoxy groups -OCH3 is 1. The summed E-state index contributed by atoms with van der Waals surface area (Å²) in [5, 5.41) is 66.3. The molecule has 0 aliphatic carbocycles. The molecular weight excluding hydrogens is 304 g/mol. The van der Waals surface area contributed by atoms with Crippen LogP contribution in [0.5, 0.6) is 0 Å². The van der Waals surface area contributed by atoms with Gasteiger partial charge in [-0.2, -0.15) is 0 Å². The van der Waals surface area contributed by atoms with Crippen LogP contribution in [0.25, 0.3) is 0 Å². The van der Waals surface area contributed by atoms with E-state index < -0.39 is 68.8 Å². The molecule has 0 bridgehead atoms. The fourth-order valence-electron chi connectivity index (χ4n) is 2.18. The number of ether oxygens (including phenoxy) is 3. The molecule has 1 saturated heterocycles. The predicted octanol–water partition coefficient (Wildman–Crippen LogP) is -4.47. The fourth-order valence-corrected chi connectivity index (χ4v) is 2.18. The average Bonchev–Trinajstić information content (AvgIpc) is 2.54. The van der Waals surface area contributed by atoms with Gasteiger partial charge in [-0.3, -0.25) is 0 Å². The third-order valence-corrected chi connectivity index (χ3v) is 3.56. The van der Waals surface area contributed by atoms with Crippen LogP contribution in [0, 0.1) is 0 Å². The van der Waals surface area contributed by atoms with E-state index in [4.69, 9.17) is 24.4 Å². The van der Waals surface area contributed by atoms with E-state index in [1.165, 1.54) is 7.11 Å². The predicted molar refractivity (Wildman–Crippen MR) is 69.6 cm³/mol. The van der Waals surface area contributed by atoms with Crippen LogP contribution in [0.3, 0.4) is 0 Å². The summed E-state index contributed by atoms with van der Waals surface area (Å²) in [4.78, 5) is 0. The van der Waals surface area contributed by atoms with Gasteiger partial charge >= 0.3 is 0 Å². The fraction of sp³-hybridized carbons (Fsp3) is 1.00. The average molecular weight is 328 g/mol. The van der Waals surface area contributed by atoms with Crippen molar-refractivity contribution in [3.8, 4) is 0 Å². The molecule has 7 N–H and O–H groups in total. The Kier molecular flexibility index (Phi) is 8.07. The monoisotopic (exact) mass is 328 g/mol. The molecule has 0 saturated carbocycles. The van der Waals surface area contributed by atoms with Gasteiger partial charge in [0.25, 0.3) is 0 Å². The minimum absolute atomic E-state index is 0.546. The second-order valence-corrected chi connectivity index (χ2v) is 5.00. The maximum absolute atomic E-state index is 9.86. The van der Waals surface area contributed by atoms with E-state index in [0.29, 0.717) is 0 Å². The van der Waals surface area contributed by atoms with E-state index in [1.54, 1.807) is 0 Å². The number of aliphatic hydroxyl groups excluding tert-OH is 7. The van der Waals surface area contributed by atoms with E-state index in [-0.39, 0.29) is 0 Å². The molecule has 1 heterocycles. The smallest absolute Gasteiger partial charge is 0.187 e. The lowest BCUT2D eigenvalue weighted by atomic mass is 9.99. The Morgan fingerprint density at radius 3 is 2.09 bits per heavy atom. The molecule has 0 radical (unpaired) electrons. The van der Waals surface area contributed by atoms with Gasteiger partial charge in [-0.05, 0) is 0 Å². The van der Waals surface area contributed by atoms with Crippen LogP contribution in [0.2, 0.25) is 0 Å². The van der Waals surface area contributed by atoms with Crippen molar-refractivity contribution >= 4 is 0 Å². The third-order valence-electron chi connectivity index (χ3n) is 3.56. The maximum Gasteiger partial charge on any atom is 0.187 e. The molecule has 10 heteroatoms. The van der Waals surface area contributed by atoms with Crippen LogP contribution in [0.4, 0.5) is 0 Å². The molecule has 1 aliphatic rings. The van der Waals surface area contributed by atoms with Gasteiger partial charge in [0.15, 0.2) is 6.29 Å². The molecule has 132 valence electrons. The summed E-state index contributed by atoms with van der Waals surface area (Å²) in [7, 11) is 1.24. The lowest BCUT2D eigenvalue weighted by Gasteiger charge is -2.42. The summed E-state index contributed by atoms with van der Waals surface area (Å²) in [5.74, 6) is 0. The number of hydrogen-bond donors (Lipinski definition) is 7. The highest BCUT2D eigenvalue weighted by Crippen LogP contribution is 2.24. The first-order chi connectivity index (χ1) is 10.4. The van der Waals surface area contributed by atoms with Crippen molar-refractivity contribution in [3.63, 3.8) is 0 Å². The second kappa shape index (κ2) is 9.03. The Hall–Kier alpha value is -0.400. The Labute approximate surface area is 127 Å². The molecule has 0 aromatic carbocycles. The first-order valence-electron chi connectivity index (χ1n) is 6.79. The van der Waals surface area contributed by atoms with Crippen molar-refractivity contribution in [1.82, 2.24) is 0 Å². The van der Waals surface area contributed by atoms with E-state index in [0.717, 1.165) is 0 Å². The van der Waals surface area contributed by atoms with Crippen molar-refractivity contribution in [2.45, 2.75) is 49.0 Å². The van der Waals surface area contributed by atoms with Gasteiger partial charge in [-0.25, -0.2) is 0 Å². The van der Waals surface area contributed by atoms with Gasteiger partial charge in [0, 0.05) is 7.11 Å². The Balaban J connectivity index is 2.86. The standard InChI is InChI=1S/C12H24O10/c1-20-7(4-15)11(5(16)2-13)22-12-10(19)9(18)8(17)6(3-14)21-12/h5-19H,2-4H2,1H3/t5?,6-,7?,8-,9?,10?,11+,12-/m1/s1. The summed E-state index contributed by atoms with van der Waals surface area (Å²) in [6.45, 7) is -1.89. The minimum Gasteiger partial charge on any atom is -0.394 e. The highest BCUT2D eigenvalue weighted by molar-refractivity contribution is 4.90. The highest BCUT2D eigenvalue weighted by atomic mass is 16.7. The molecular formula is C12H24O10. The molecule has 0 aromatic rings. The molecule has 1 fully saturated rings. The van der Waals surface area contributed by atoms with Crippen molar-refractivity contribution in [1.29, 1.82) is 0 Å². The zero-order valence-corrected chi connectivity index (χ0v) is 12.1. The van der Waals surface area contributed by atoms with Gasteiger partial charge in [0.2, 0.25) is 0 Å². The van der Waals surface area contributed by atoms with E-state index >= 15 is 0 Å². The molecule has 10 nitrogen and oxygen atoms in total. The molecule has 0 aromatic heterocycles. The summed E-state index contributed by atoms with van der Waals surface area (Å²) in [5.41, 5.74) is 0. The van der Waals surface area contributed by atoms with Crippen LogP contribution in [0.1, 0.15) is 0 Å². The first kappa shape index (κ1) is 19.6. The van der Waals surface area contributed by atoms with Gasteiger partial charge < -0.3 is 50.0 Å². The Morgan fingerprint density at radius 1 is 1.00 bits per heavy atom. The van der Waals surface area contributed by atoms with Crippen LogP contribution in [-0.2, 0) is 14.2 Å². The lowest BCUT2D eigenvalue weighted by molar-refractivity contribution is -0.326. The zero-order chi connectivity index (χ0) is 16.9. The molecule has 1 aliphatic heterocycles. The first-order valence-corrected chi connectivity index (χ1v) is 6.79. The van der Waals surface area contributed by atoms with Crippen molar-refractivity contribution in [2.24, 2.45) is 0 Å². The third kappa shape index (κ3) is 4.32. The summed E-state index contributed by atoms with van der Waals surface area (Å²) < 4.78 is 15.4. The maximum atomic E-state index is 9.86. The number of aliphatic hydroxyl groups is 7. The van der Waals surface area contributed by atoms with Gasteiger partial charge in [-0.1, -0.05) is 0 Å². The highest BCUT2D eigenvalue weighted by Gasteiger charge is 2.46. The van der Waals surface area contributed by atoms with Crippen LogP contribution < -0.4 is 0 Å². The van der Waals surface area contributed by atoms with Gasteiger partial charge in [0.1, 0.15) is 42.7 Å². The number of rotatable bonds is 8. The van der Waals surface area contributed by atoms with Crippen LogP contribution in [-0.4, -0.2) is 112 Å². The van der Waals surface area contributed by atoms with Crippen molar-refractivity contribution < 1.29 is 50.0 Å². The lowest BCUT2D eigenvalue weighted by Crippen LogP contribution is -2.61. The molecule has 8 atom stereocenters. The van der Waals surface area contributed by atoms with E-state index in [1.807, 2.05) is 0 Å². The Bertz CT molecular complexity index is 310. The number of hydrogen-bond acceptors (Lipinski definition) is 10. The van der Waals surface area contributed by atoms with Gasteiger partial charge in [0.05, 0.1) is 19.8 Å². The summed E-state index contributed by atoms with van der Waals surface area (Å²) in [6, 6.07) is 0. The summed E-state index contributed by atoms with van der Waals surface area (Å²) in [6.07, 6.45) is -11.3. The molecule has 22 heavy (non-hydrogen) atoms. The van der Waals surface area contributed by atoms with Gasteiger partial charge in [-0.15, -0.1) is 0 Å². The summed E-state index contributed by atoms with van der Waals surface area (Å²) >= 11 is 0. The van der Waals surface area contributed by atoms with Crippen molar-refractivity contribution in [3.05, 3.63) is 0 Å². The molecule has 4 unspecified atom stereocenters. The zero-order valence-electron chi connectivity index (χ0n) is 12.1. The second-order valence-electron chi connectivity index (χ2n) is 5.00. The topological polar surface area (TPSA) is 169 Å². The normalized spacial score (nSPS) is 36.8. The van der Waals surface area contributed by atoms with E-state index in [9.17, 15) is 25.5 Å². The minimum atomic E-state index is -1.66. The molecule has 0 amide bonds. The Morgan fingerprint density at radius 2 is 1.64 bits per heavy atom. The van der Waals surface area contributed by atoms with Crippen LogP contribution >= 0.6 is 0 Å². The largest absolute Gasteiger partial charge is 0.394 e.